The van der Waals surface area contributed by atoms with Gasteiger partial charge in [0.15, 0.2) is 0 Å². The van der Waals surface area contributed by atoms with Gasteiger partial charge in [-0.15, -0.1) is 0 Å². The first kappa shape index (κ1) is 16.0. The molecule has 1 heterocycles. The van der Waals surface area contributed by atoms with Crippen molar-refractivity contribution in [2.45, 2.75) is 30.8 Å². The van der Waals surface area contributed by atoms with Crippen molar-refractivity contribution in [2.75, 3.05) is 40.9 Å². The molecule has 2 fully saturated rings. The molecule has 1 aliphatic carbocycles. The summed E-state index contributed by atoms with van der Waals surface area (Å²) >= 11 is 0. The first-order chi connectivity index (χ1) is 9.85. The minimum Gasteiger partial charge on any atom is -0.481 e. The van der Waals surface area contributed by atoms with Gasteiger partial charge in [0.25, 0.3) is 0 Å². The standard InChI is InChI=1S/C14H25N3O4/c1-16(2)14(5-4-6-14)9-17(3)13(20)15-11-8-21-7-10(11)12(18)19/h10-11H,4-9H2,1-3H3,(H,15,20)(H,18,19). The van der Waals surface area contributed by atoms with Crippen molar-refractivity contribution in [2.24, 2.45) is 5.92 Å². The second kappa shape index (κ2) is 6.19. The zero-order valence-corrected chi connectivity index (χ0v) is 13.0. The Morgan fingerprint density at radius 3 is 2.43 bits per heavy atom. The normalized spacial score (nSPS) is 27.2. The summed E-state index contributed by atoms with van der Waals surface area (Å²) in [4.78, 5) is 27.2. The Labute approximate surface area is 125 Å². The molecule has 2 amide bonds. The number of hydrogen-bond acceptors (Lipinski definition) is 4. The fourth-order valence-corrected chi connectivity index (χ4v) is 3.05. The van der Waals surface area contributed by atoms with E-state index in [4.69, 9.17) is 9.84 Å². The highest BCUT2D eigenvalue weighted by molar-refractivity contribution is 5.77. The van der Waals surface area contributed by atoms with Crippen molar-refractivity contribution in [3.05, 3.63) is 0 Å². The maximum absolute atomic E-state index is 12.3. The second-order valence-electron chi connectivity index (χ2n) is 6.37. The van der Waals surface area contributed by atoms with Gasteiger partial charge in [-0.1, -0.05) is 0 Å². The molecule has 120 valence electrons. The summed E-state index contributed by atoms with van der Waals surface area (Å²) in [7, 11) is 5.83. The molecule has 2 N–H and O–H groups in total. The van der Waals surface area contributed by atoms with Crippen LogP contribution in [0.25, 0.3) is 0 Å². The molecule has 2 atom stereocenters. The highest BCUT2D eigenvalue weighted by Gasteiger charge is 2.41. The van der Waals surface area contributed by atoms with Gasteiger partial charge in [0, 0.05) is 19.1 Å². The van der Waals surface area contributed by atoms with Crippen LogP contribution in [0.5, 0.6) is 0 Å². The molecule has 0 aromatic carbocycles. The van der Waals surface area contributed by atoms with Crippen LogP contribution in [0.1, 0.15) is 19.3 Å². The average Bonchev–Trinajstić information content (AvgIpc) is 2.81. The molecule has 0 bridgehead atoms. The summed E-state index contributed by atoms with van der Waals surface area (Å²) in [5.41, 5.74) is 0.0600. The van der Waals surface area contributed by atoms with E-state index in [2.05, 4.69) is 10.2 Å². The van der Waals surface area contributed by atoms with Crippen LogP contribution in [0.3, 0.4) is 0 Å². The number of nitrogens with one attached hydrogen (secondary N) is 1. The Balaban J connectivity index is 1.89. The van der Waals surface area contributed by atoms with Crippen LogP contribution in [-0.2, 0) is 9.53 Å². The molecular weight excluding hydrogens is 274 g/mol. The minimum absolute atomic E-state index is 0.0600. The van der Waals surface area contributed by atoms with Crippen molar-refractivity contribution in [1.29, 1.82) is 0 Å². The number of amides is 2. The van der Waals surface area contributed by atoms with E-state index in [0.717, 1.165) is 12.8 Å². The fourth-order valence-electron chi connectivity index (χ4n) is 3.05. The number of ether oxygens (including phenoxy) is 1. The summed E-state index contributed by atoms with van der Waals surface area (Å²) in [6.07, 6.45) is 3.36. The summed E-state index contributed by atoms with van der Waals surface area (Å²) in [6.45, 7) is 1.07. The third-order valence-electron chi connectivity index (χ3n) is 4.82. The lowest BCUT2D eigenvalue weighted by atomic mass is 9.75. The summed E-state index contributed by atoms with van der Waals surface area (Å²) in [5.74, 6) is -1.59. The molecule has 0 radical (unpaired) electrons. The summed E-state index contributed by atoms with van der Waals surface area (Å²) in [5, 5.41) is 11.9. The average molecular weight is 299 g/mol. The van der Waals surface area contributed by atoms with Gasteiger partial charge in [-0.25, -0.2) is 4.79 Å². The van der Waals surface area contributed by atoms with Crippen LogP contribution < -0.4 is 5.32 Å². The predicted molar refractivity (Wildman–Crippen MR) is 77.2 cm³/mol. The maximum atomic E-state index is 12.3. The molecule has 2 aliphatic rings. The first-order valence-corrected chi connectivity index (χ1v) is 7.35. The van der Waals surface area contributed by atoms with Crippen LogP contribution in [-0.4, -0.2) is 79.4 Å². The minimum atomic E-state index is -0.927. The van der Waals surface area contributed by atoms with Crippen molar-refractivity contribution >= 4 is 12.0 Å². The molecule has 0 aromatic heterocycles. The van der Waals surface area contributed by atoms with Gasteiger partial charge in [-0.05, 0) is 33.4 Å². The third kappa shape index (κ3) is 3.29. The van der Waals surface area contributed by atoms with Crippen molar-refractivity contribution in [3.8, 4) is 0 Å². The molecule has 2 unspecified atom stereocenters. The highest BCUT2D eigenvalue weighted by Crippen LogP contribution is 2.36. The van der Waals surface area contributed by atoms with Crippen LogP contribution in [0, 0.1) is 5.92 Å². The van der Waals surface area contributed by atoms with E-state index in [1.807, 2.05) is 14.1 Å². The van der Waals surface area contributed by atoms with E-state index in [1.165, 1.54) is 6.42 Å². The lowest BCUT2D eigenvalue weighted by molar-refractivity contribution is -0.142. The van der Waals surface area contributed by atoms with E-state index in [9.17, 15) is 9.59 Å². The molecule has 0 spiro atoms. The van der Waals surface area contributed by atoms with Crippen molar-refractivity contribution < 1.29 is 19.4 Å². The van der Waals surface area contributed by atoms with Crippen LogP contribution >= 0.6 is 0 Å². The zero-order valence-electron chi connectivity index (χ0n) is 13.0. The fraction of sp³-hybridized carbons (Fsp3) is 0.857. The number of carbonyl (C=O) groups is 2. The smallest absolute Gasteiger partial charge is 0.317 e. The van der Waals surface area contributed by atoms with Gasteiger partial charge in [-0.3, -0.25) is 4.79 Å². The topological polar surface area (TPSA) is 82.1 Å². The summed E-state index contributed by atoms with van der Waals surface area (Å²) < 4.78 is 5.16. The first-order valence-electron chi connectivity index (χ1n) is 7.35. The highest BCUT2D eigenvalue weighted by atomic mass is 16.5. The Hall–Kier alpha value is -1.34. The van der Waals surface area contributed by atoms with Gasteiger partial charge in [0.1, 0.15) is 5.92 Å². The largest absolute Gasteiger partial charge is 0.481 e. The monoisotopic (exact) mass is 299 g/mol. The number of carbonyl (C=O) groups excluding carboxylic acids is 1. The molecule has 7 heteroatoms. The molecule has 2 rings (SSSR count). The van der Waals surface area contributed by atoms with E-state index in [-0.39, 0.29) is 24.8 Å². The predicted octanol–water partition coefficient (Wildman–Crippen LogP) is 0.212. The summed E-state index contributed by atoms with van der Waals surface area (Å²) in [6, 6.07) is -0.681. The molecule has 1 aliphatic heterocycles. The van der Waals surface area contributed by atoms with Crippen molar-refractivity contribution in [1.82, 2.24) is 15.1 Å². The number of carboxylic acids is 1. The number of aliphatic carboxylic acids is 1. The maximum Gasteiger partial charge on any atom is 0.317 e. The second-order valence-corrected chi connectivity index (χ2v) is 6.37. The van der Waals surface area contributed by atoms with Crippen LogP contribution in [0.15, 0.2) is 0 Å². The number of likely N-dealkylation sites (N-methyl/N-ethyl adjacent to an activating group) is 2. The van der Waals surface area contributed by atoms with E-state index in [1.54, 1.807) is 11.9 Å². The van der Waals surface area contributed by atoms with E-state index >= 15 is 0 Å². The Morgan fingerprint density at radius 1 is 1.29 bits per heavy atom. The quantitative estimate of drug-likeness (QED) is 0.758. The van der Waals surface area contributed by atoms with Gasteiger partial charge in [0.05, 0.1) is 19.3 Å². The van der Waals surface area contributed by atoms with E-state index in [0.29, 0.717) is 6.54 Å². The Kier molecular flexibility index (Phi) is 4.73. The molecule has 1 saturated carbocycles. The van der Waals surface area contributed by atoms with Gasteiger partial charge in [0.2, 0.25) is 0 Å². The lowest BCUT2D eigenvalue weighted by Crippen LogP contribution is -2.59. The number of rotatable bonds is 5. The SMILES string of the molecule is CN(CC1(N(C)C)CCC1)C(=O)NC1COCC1C(=O)O. The van der Waals surface area contributed by atoms with Crippen molar-refractivity contribution in [3.63, 3.8) is 0 Å². The Bertz CT molecular complexity index is 409. The number of nitrogens with zero attached hydrogens (tertiary/aromatic N) is 2. The van der Waals surface area contributed by atoms with Crippen LogP contribution in [0.2, 0.25) is 0 Å². The van der Waals surface area contributed by atoms with Gasteiger partial charge < -0.3 is 25.0 Å². The molecule has 21 heavy (non-hydrogen) atoms. The Morgan fingerprint density at radius 2 is 1.95 bits per heavy atom. The molecule has 1 saturated heterocycles. The van der Waals surface area contributed by atoms with Gasteiger partial charge in [-0.2, -0.15) is 0 Å². The molecule has 0 aromatic rings. The van der Waals surface area contributed by atoms with Gasteiger partial charge >= 0.3 is 12.0 Å². The molecule has 7 nitrogen and oxygen atoms in total. The lowest BCUT2D eigenvalue weighted by Gasteiger charge is -2.49. The van der Waals surface area contributed by atoms with Crippen LogP contribution in [0.4, 0.5) is 4.79 Å². The number of carboxylic acid groups (broad SMARTS) is 1. The molecular formula is C14H25N3O4. The number of urea groups is 1. The third-order valence-corrected chi connectivity index (χ3v) is 4.82. The zero-order chi connectivity index (χ0) is 15.6. The number of hydrogen-bond donors (Lipinski definition) is 2. The van der Waals surface area contributed by atoms with E-state index < -0.39 is 17.9 Å².